The van der Waals surface area contributed by atoms with Gasteiger partial charge in [0.15, 0.2) is 5.96 Å². The zero-order valence-electron chi connectivity index (χ0n) is 9.57. The fourth-order valence-electron chi connectivity index (χ4n) is 1.19. The van der Waals surface area contributed by atoms with E-state index in [4.69, 9.17) is 0 Å². The van der Waals surface area contributed by atoms with E-state index in [0.29, 0.717) is 6.04 Å². The first kappa shape index (κ1) is 11.6. The van der Waals surface area contributed by atoms with Crippen LogP contribution in [-0.2, 0) is 6.54 Å². The number of rotatable bonds is 4. The van der Waals surface area contributed by atoms with E-state index in [1.807, 2.05) is 16.9 Å². The topological polar surface area (TPSA) is 54.2 Å². The summed E-state index contributed by atoms with van der Waals surface area (Å²) in [5.41, 5.74) is 0. The fourth-order valence-corrected chi connectivity index (χ4v) is 1.19. The van der Waals surface area contributed by atoms with E-state index in [1.165, 1.54) is 0 Å². The standard InChI is InChI=1S/C10H19N5/c1-9(2)14-10(11-3)12-6-8-15-7-4-5-13-15/h4-5,7,9H,6,8H2,1-3H3,(H2,11,12,14). The van der Waals surface area contributed by atoms with Crippen molar-refractivity contribution in [2.24, 2.45) is 4.99 Å². The molecule has 0 radical (unpaired) electrons. The Labute approximate surface area is 90.6 Å². The summed E-state index contributed by atoms with van der Waals surface area (Å²) >= 11 is 0. The van der Waals surface area contributed by atoms with Crippen LogP contribution in [0.15, 0.2) is 23.5 Å². The number of nitrogens with one attached hydrogen (secondary N) is 2. The second kappa shape index (κ2) is 6.06. The van der Waals surface area contributed by atoms with Gasteiger partial charge in [-0.2, -0.15) is 5.10 Å². The number of hydrogen-bond acceptors (Lipinski definition) is 2. The Morgan fingerprint density at radius 3 is 2.87 bits per heavy atom. The molecule has 0 aliphatic carbocycles. The molecule has 15 heavy (non-hydrogen) atoms. The van der Waals surface area contributed by atoms with Gasteiger partial charge in [0.2, 0.25) is 0 Å². The number of aromatic nitrogens is 2. The van der Waals surface area contributed by atoms with Crippen LogP contribution >= 0.6 is 0 Å². The summed E-state index contributed by atoms with van der Waals surface area (Å²) in [5, 5.41) is 10.6. The van der Waals surface area contributed by atoms with Crippen LogP contribution < -0.4 is 10.6 Å². The molecule has 0 saturated carbocycles. The second-order valence-corrected chi connectivity index (χ2v) is 3.57. The van der Waals surface area contributed by atoms with Gasteiger partial charge in [0.05, 0.1) is 6.54 Å². The zero-order valence-corrected chi connectivity index (χ0v) is 9.57. The van der Waals surface area contributed by atoms with Crippen LogP contribution in [-0.4, -0.2) is 35.4 Å². The van der Waals surface area contributed by atoms with Crippen LogP contribution in [0.4, 0.5) is 0 Å². The van der Waals surface area contributed by atoms with E-state index < -0.39 is 0 Å². The van der Waals surface area contributed by atoms with Gasteiger partial charge in [-0.1, -0.05) is 0 Å². The molecule has 0 aromatic carbocycles. The Morgan fingerprint density at radius 2 is 2.33 bits per heavy atom. The lowest BCUT2D eigenvalue weighted by molar-refractivity contribution is 0.593. The molecule has 0 unspecified atom stereocenters. The lowest BCUT2D eigenvalue weighted by Crippen LogP contribution is -2.42. The van der Waals surface area contributed by atoms with Crippen LogP contribution in [0.1, 0.15) is 13.8 Å². The van der Waals surface area contributed by atoms with E-state index in [-0.39, 0.29) is 0 Å². The first-order valence-electron chi connectivity index (χ1n) is 5.17. The third-order valence-electron chi connectivity index (χ3n) is 1.84. The van der Waals surface area contributed by atoms with Crippen molar-refractivity contribution in [2.75, 3.05) is 13.6 Å². The van der Waals surface area contributed by atoms with Crippen molar-refractivity contribution in [3.63, 3.8) is 0 Å². The van der Waals surface area contributed by atoms with E-state index in [2.05, 4.69) is 34.6 Å². The lowest BCUT2D eigenvalue weighted by Gasteiger charge is -2.14. The third-order valence-corrected chi connectivity index (χ3v) is 1.84. The normalized spacial score (nSPS) is 11.9. The predicted octanol–water partition coefficient (Wildman–Crippen LogP) is 0.456. The van der Waals surface area contributed by atoms with Crippen LogP contribution in [0.25, 0.3) is 0 Å². The molecule has 5 heteroatoms. The minimum atomic E-state index is 0.390. The second-order valence-electron chi connectivity index (χ2n) is 3.57. The summed E-state index contributed by atoms with van der Waals surface area (Å²) < 4.78 is 1.88. The molecule has 0 amide bonds. The van der Waals surface area contributed by atoms with Gasteiger partial charge in [-0.3, -0.25) is 9.67 Å². The summed E-state index contributed by atoms with van der Waals surface area (Å²) in [5.74, 6) is 0.831. The Hall–Kier alpha value is -1.52. The minimum Gasteiger partial charge on any atom is -0.355 e. The Kier molecular flexibility index (Phi) is 4.66. The highest BCUT2D eigenvalue weighted by Gasteiger charge is 1.98. The summed E-state index contributed by atoms with van der Waals surface area (Å²) in [4.78, 5) is 4.11. The molecular weight excluding hydrogens is 190 g/mol. The molecule has 0 aliphatic rings. The highest BCUT2D eigenvalue weighted by atomic mass is 15.3. The molecule has 0 aliphatic heterocycles. The SMILES string of the molecule is CN=C(NCCn1cccn1)NC(C)C. The molecule has 0 fully saturated rings. The van der Waals surface area contributed by atoms with Gasteiger partial charge in [-0.05, 0) is 19.9 Å². The van der Waals surface area contributed by atoms with Crippen molar-refractivity contribution in [3.05, 3.63) is 18.5 Å². The van der Waals surface area contributed by atoms with Gasteiger partial charge >= 0.3 is 0 Å². The molecule has 84 valence electrons. The van der Waals surface area contributed by atoms with Gasteiger partial charge in [0, 0.05) is 32.0 Å². The minimum absolute atomic E-state index is 0.390. The van der Waals surface area contributed by atoms with Crippen molar-refractivity contribution in [3.8, 4) is 0 Å². The predicted molar refractivity (Wildman–Crippen MR) is 61.9 cm³/mol. The van der Waals surface area contributed by atoms with E-state index in [0.717, 1.165) is 19.0 Å². The van der Waals surface area contributed by atoms with Crippen molar-refractivity contribution in [1.82, 2.24) is 20.4 Å². The van der Waals surface area contributed by atoms with E-state index >= 15 is 0 Å². The van der Waals surface area contributed by atoms with Crippen LogP contribution in [0, 0.1) is 0 Å². The number of nitrogens with zero attached hydrogens (tertiary/aromatic N) is 3. The molecule has 0 spiro atoms. The monoisotopic (exact) mass is 209 g/mol. The van der Waals surface area contributed by atoms with Gasteiger partial charge in [-0.15, -0.1) is 0 Å². The molecule has 0 atom stereocenters. The molecule has 2 N–H and O–H groups in total. The maximum atomic E-state index is 4.12. The third kappa shape index (κ3) is 4.49. The molecule has 1 aromatic rings. The Balaban J connectivity index is 2.23. The number of guanidine groups is 1. The van der Waals surface area contributed by atoms with Crippen LogP contribution in [0.5, 0.6) is 0 Å². The molecule has 0 bridgehead atoms. The van der Waals surface area contributed by atoms with Crippen molar-refractivity contribution in [2.45, 2.75) is 26.4 Å². The van der Waals surface area contributed by atoms with Crippen molar-refractivity contribution < 1.29 is 0 Å². The highest BCUT2D eigenvalue weighted by molar-refractivity contribution is 5.79. The first-order valence-corrected chi connectivity index (χ1v) is 5.17. The maximum Gasteiger partial charge on any atom is 0.191 e. The van der Waals surface area contributed by atoms with Gasteiger partial charge in [-0.25, -0.2) is 0 Å². The van der Waals surface area contributed by atoms with Gasteiger partial charge in [0.25, 0.3) is 0 Å². The van der Waals surface area contributed by atoms with Crippen LogP contribution in [0.2, 0.25) is 0 Å². The smallest absolute Gasteiger partial charge is 0.191 e. The summed E-state index contributed by atoms with van der Waals surface area (Å²) in [6.07, 6.45) is 3.72. The molecule has 1 aromatic heterocycles. The van der Waals surface area contributed by atoms with E-state index in [1.54, 1.807) is 13.2 Å². The quantitative estimate of drug-likeness (QED) is 0.559. The number of aliphatic imine (C=N–C) groups is 1. The van der Waals surface area contributed by atoms with Crippen LogP contribution in [0.3, 0.4) is 0 Å². The van der Waals surface area contributed by atoms with E-state index in [9.17, 15) is 0 Å². The first-order chi connectivity index (χ1) is 7.22. The Morgan fingerprint density at radius 1 is 1.53 bits per heavy atom. The molecule has 5 nitrogen and oxygen atoms in total. The maximum absolute atomic E-state index is 4.12. The molecular formula is C10H19N5. The Bertz CT molecular complexity index is 289. The average Bonchev–Trinajstić information content (AvgIpc) is 2.68. The lowest BCUT2D eigenvalue weighted by atomic mass is 10.4. The average molecular weight is 209 g/mol. The zero-order chi connectivity index (χ0) is 11.1. The van der Waals surface area contributed by atoms with Gasteiger partial charge in [0.1, 0.15) is 0 Å². The molecule has 0 saturated heterocycles. The van der Waals surface area contributed by atoms with Gasteiger partial charge < -0.3 is 10.6 Å². The largest absolute Gasteiger partial charge is 0.355 e. The fraction of sp³-hybridized carbons (Fsp3) is 0.600. The van der Waals surface area contributed by atoms with Crippen molar-refractivity contribution >= 4 is 5.96 Å². The number of hydrogen-bond donors (Lipinski definition) is 2. The molecule has 1 rings (SSSR count). The summed E-state index contributed by atoms with van der Waals surface area (Å²) in [6, 6.07) is 2.31. The molecule has 1 heterocycles. The highest BCUT2D eigenvalue weighted by Crippen LogP contribution is 1.83. The summed E-state index contributed by atoms with van der Waals surface area (Å²) in [7, 11) is 1.77. The van der Waals surface area contributed by atoms with Crippen molar-refractivity contribution in [1.29, 1.82) is 0 Å². The summed E-state index contributed by atoms with van der Waals surface area (Å²) in [6.45, 7) is 5.82.